The molecule has 0 amide bonds. The molecule has 0 fully saturated rings. The highest BCUT2D eigenvalue weighted by atomic mass is 127. The highest BCUT2D eigenvalue weighted by Gasteiger charge is 2.17. The van der Waals surface area contributed by atoms with Gasteiger partial charge >= 0.3 is 0 Å². The summed E-state index contributed by atoms with van der Waals surface area (Å²) in [6.45, 7) is 0. The third kappa shape index (κ3) is 1.73. The SMILES string of the molecule is Oc1c(Cl)c(Cl)c(I)c(Cl)c1Cl. The number of hydrogen-bond acceptors (Lipinski definition) is 1. The van der Waals surface area contributed by atoms with Crippen LogP contribution >= 0.6 is 69.0 Å². The van der Waals surface area contributed by atoms with Gasteiger partial charge in [-0.25, -0.2) is 0 Å². The molecule has 1 aromatic carbocycles. The van der Waals surface area contributed by atoms with E-state index >= 15 is 0 Å². The molecule has 0 saturated carbocycles. The van der Waals surface area contributed by atoms with Crippen molar-refractivity contribution in [2.75, 3.05) is 0 Å². The van der Waals surface area contributed by atoms with Crippen LogP contribution < -0.4 is 0 Å². The molecular weight excluding hydrogens is 357 g/mol. The number of hydrogen-bond donors (Lipinski definition) is 1. The van der Waals surface area contributed by atoms with Crippen molar-refractivity contribution in [1.82, 2.24) is 0 Å². The Kier molecular flexibility index (Phi) is 3.63. The molecule has 0 spiro atoms. The fourth-order valence-corrected chi connectivity index (χ4v) is 2.29. The molecule has 1 rings (SSSR count). The van der Waals surface area contributed by atoms with E-state index in [1.54, 1.807) is 0 Å². The molecule has 0 aliphatic carbocycles. The van der Waals surface area contributed by atoms with Crippen LogP contribution in [0.3, 0.4) is 0 Å². The summed E-state index contributed by atoms with van der Waals surface area (Å²) in [5.74, 6) is -0.284. The lowest BCUT2D eigenvalue weighted by molar-refractivity contribution is 0.476. The first-order chi connectivity index (χ1) is 5.46. The van der Waals surface area contributed by atoms with Crippen molar-refractivity contribution < 1.29 is 5.11 Å². The van der Waals surface area contributed by atoms with Gasteiger partial charge in [0.25, 0.3) is 0 Å². The van der Waals surface area contributed by atoms with E-state index in [0.717, 1.165) is 0 Å². The van der Waals surface area contributed by atoms with Crippen LogP contribution in [0, 0.1) is 3.57 Å². The van der Waals surface area contributed by atoms with Crippen LogP contribution in [-0.4, -0.2) is 5.11 Å². The smallest absolute Gasteiger partial charge is 0.155 e. The molecule has 0 aromatic heterocycles. The van der Waals surface area contributed by atoms with Crippen molar-refractivity contribution in [3.63, 3.8) is 0 Å². The van der Waals surface area contributed by atoms with Gasteiger partial charge in [-0.2, -0.15) is 0 Å². The number of phenols is 1. The second-order valence-electron chi connectivity index (χ2n) is 1.92. The second kappa shape index (κ2) is 3.96. The summed E-state index contributed by atoms with van der Waals surface area (Å²) in [7, 11) is 0. The average molecular weight is 358 g/mol. The molecule has 0 bridgehead atoms. The molecule has 0 aliphatic heterocycles. The molecule has 0 unspecified atom stereocenters. The van der Waals surface area contributed by atoms with E-state index < -0.39 is 0 Å². The van der Waals surface area contributed by atoms with E-state index in [0.29, 0.717) is 3.57 Å². The normalized spacial score (nSPS) is 10.4. The summed E-state index contributed by atoms with van der Waals surface area (Å²) in [6, 6.07) is 0. The van der Waals surface area contributed by atoms with E-state index in [-0.39, 0.29) is 25.8 Å². The molecule has 0 heterocycles. The lowest BCUT2D eigenvalue weighted by Crippen LogP contribution is -1.82. The van der Waals surface area contributed by atoms with Gasteiger partial charge in [-0.1, -0.05) is 46.4 Å². The average Bonchev–Trinajstić information content (AvgIpc) is 2.08. The zero-order valence-electron chi connectivity index (χ0n) is 5.34. The highest BCUT2D eigenvalue weighted by molar-refractivity contribution is 14.1. The van der Waals surface area contributed by atoms with Gasteiger partial charge in [0.15, 0.2) is 5.75 Å². The van der Waals surface area contributed by atoms with Crippen molar-refractivity contribution in [2.45, 2.75) is 0 Å². The summed E-state index contributed by atoms with van der Waals surface area (Å²) >= 11 is 24.6. The number of rotatable bonds is 0. The van der Waals surface area contributed by atoms with E-state index in [2.05, 4.69) is 0 Å². The third-order valence-electron chi connectivity index (χ3n) is 1.19. The van der Waals surface area contributed by atoms with Crippen molar-refractivity contribution >= 4 is 69.0 Å². The lowest BCUT2D eigenvalue weighted by Gasteiger charge is -2.06. The zero-order chi connectivity index (χ0) is 9.46. The topological polar surface area (TPSA) is 20.2 Å². The first-order valence-electron chi connectivity index (χ1n) is 2.67. The first-order valence-corrected chi connectivity index (χ1v) is 5.26. The van der Waals surface area contributed by atoms with Gasteiger partial charge in [-0.3, -0.25) is 0 Å². The van der Waals surface area contributed by atoms with E-state index in [9.17, 15) is 5.11 Å². The minimum absolute atomic E-state index is 0.0236. The van der Waals surface area contributed by atoms with Crippen LogP contribution in [0.25, 0.3) is 0 Å². The van der Waals surface area contributed by atoms with Crippen LogP contribution in [0.5, 0.6) is 5.75 Å². The maximum Gasteiger partial charge on any atom is 0.155 e. The molecule has 0 atom stereocenters. The van der Waals surface area contributed by atoms with Crippen molar-refractivity contribution in [2.24, 2.45) is 0 Å². The van der Waals surface area contributed by atoms with E-state index in [4.69, 9.17) is 46.4 Å². The minimum Gasteiger partial charge on any atom is -0.505 e. The molecule has 0 radical (unpaired) electrons. The van der Waals surface area contributed by atoms with Crippen LogP contribution in [0.4, 0.5) is 0 Å². The molecule has 66 valence electrons. The van der Waals surface area contributed by atoms with Gasteiger partial charge in [-0.05, 0) is 22.6 Å². The Hall–Kier alpha value is 0.910. The monoisotopic (exact) mass is 356 g/mol. The summed E-state index contributed by atoms with van der Waals surface area (Å²) in [5.41, 5.74) is 0. The predicted molar refractivity (Wildman–Crippen MR) is 60.9 cm³/mol. The van der Waals surface area contributed by atoms with Gasteiger partial charge in [0, 0.05) is 0 Å². The Balaban J connectivity index is 3.60. The van der Waals surface area contributed by atoms with Crippen molar-refractivity contribution in [3.8, 4) is 5.75 Å². The summed E-state index contributed by atoms with van der Waals surface area (Å²) < 4.78 is 0.531. The van der Waals surface area contributed by atoms with E-state index in [1.165, 1.54) is 0 Å². The number of benzene rings is 1. The van der Waals surface area contributed by atoms with Gasteiger partial charge in [-0.15, -0.1) is 0 Å². The number of halogens is 5. The summed E-state index contributed by atoms with van der Waals surface area (Å²) in [6.07, 6.45) is 0. The van der Waals surface area contributed by atoms with Crippen LogP contribution in [0.2, 0.25) is 20.1 Å². The molecule has 1 N–H and O–H groups in total. The van der Waals surface area contributed by atoms with Crippen molar-refractivity contribution in [3.05, 3.63) is 23.7 Å². The lowest BCUT2D eigenvalue weighted by atomic mass is 10.3. The number of phenolic OH excluding ortho intramolecular Hbond substituents is 1. The largest absolute Gasteiger partial charge is 0.505 e. The molecule has 6 heteroatoms. The predicted octanol–water partition coefficient (Wildman–Crippen LogP) is 4.61. The Labute approximate surface area is 103 Å². The maximum atomic E-state index is 9.26. The highest BCUT2D eigenvalue weighted by Crippen LogP contribution is 2.45. The Morgan fingerprint density at radius 1 is 0.833 bits per heavy atom. The quantitative estimate of drug-likeness (QED) is 0.408. The molecule has 0 aliphatic rings. The standard InChI is InChI=1S/C6HCl4IO/c7-1-3(9)6(12)4(10)2(8)5(1)11/h12H. The van der Waals surface area contributed by atoms with E-state index in [1.807, 2.05) is 22.6 Å². The van der Waals surface area contributed by atoms with Gasteiger partial charge in [0.1, 0.15) is 10.0 Å². The van der Waals surface area contributed by atoms with Gasteiger partial charge < -0.3 is 5.11 Å². The molecule has 0 saturated heterocycles. The zero-order valence-corrected chi connectivity index (χ0v) is 10.5. The minimum atomic E-state index is -0.284. The fourth-order valence-electron chi connectivity index (χ4n) is 0.593. The van der Waals surface area contributed by atoms with Gasteiger partial charge in [0.2, 0.25) is 0 Å². The molecular formula is C6HCl4IO. The third-order valence-corrected chi connectivity index (χ3v) is 4.59. The van der Waals surface area contributed by atoms with Crippen molar-refractivity contribution in [1.29, 1.82) is 0 Å². The summed E-state index contributed by atoms with van der Waals surface area (Å²) in [5, 5.41) is 9.73. The second-order valence-corrected chi connectivity index (χ2v) is 4.51. The molecule has 12 heavy (non-hydrogen) atoms. The molecule has 1 nitrogen and oxygen atoms in total. The van der Waals surface area contributed by atoms with Crippen LogP contribution in [-0.2, 0) is 0 Å². The first kappa shape index (κ1) is 11.0. The van der Waals surface area contributed by atoms with Gasteiger partial charge in [0.05, 0.1) is 13.6 Å². The Morgan fingerprint density at radius 3 is 1.50 bits per heavy atom. The summed E-state index contributed by atoms with van der Waals surface area (Å²) in [4.78, 5) is 0. The fraction of sp³-hybridized carbons (Fsp3) is 0. The Bertz CT molecular complexity index is 234. The Morgan fingerprint density at radius 2 is 1.17 bits per heavy atom. The maximum absolute atomic E-state index is 9.26. The van der Waals surface area contributed by atoms with Crippen LogP contribution in [0.1, 0.15) is 0 Å². The van der Waals surface area contributed by atoms with Crippen LogP contribution in [0.15, 0.2) is 0 Å². The number of aromatic hydroxyl groups is 1. The molecule has 1 aromatic rings.